The Morgan fingerprint density at radius 1 is 1.50 bits per heavy atom. The maximum Gasteiger partial charge on any atom is 0.303 e. The fourth-order valence-electron chi connectivity index (χ4n) is 2.57. The zero-order chi connectivity index (χ0) is 14.5. The molecule has 1 amide bonds. The molecule has 1 fully saturated rings. The fraction of sp³-hybridized carbons (Fsp3) is 0.643. The van der Waals surface area contributed by atoms with Crippen LogP contribution >= 0.6 is 11.3 Å². The Kier molecular flexibility index (Phi) is 5.11. The second kappa shape index (κ2) is 6.83. The van der Waals surface area contributed by atoms with Crippen molar-refractivity contribution in [3.8, 4) is 0 Å². The number of carboxylic acids is 1. The number of aromatic nitrogens is 1. The molecule has 20 heavy (non-hydrogen) atoms. The summed E-state index contributed by atoms with van der Waals surface area (Å²) < 4.78 is 0. The van der Waals surface area contributed by atoms with Gasteiger partial charge < -0.3 is 10.0 Å². The third-order valence-corrected chi connectivity index (χ3v) is 4.78. The van der Waals surface area contributed by atoms with Gasteiger partial charge in [-0.25, -0.2) is 4.98 Å². The average Bonchev–Trinajstić information content (AvgIpc) is 2.93. The van der Waals surface area contributed by atoms with Crippen molar-refractivity contribution < 1.29 is 14.7 Å². The van der Waals surface area contributed by atoms with Gasteiger partial charge in [0.25, 0.3) is 5.91 Å². The maximum atomic E-state index is 12.5. The lowest BCUT2D eigenvalue weighted by Crippen LogP contribution is -2.43. The van der Waals surface area contributed by atoms with Crippen LogP contribution in [0.3, 0.4) is 0 Å². The van der Waals surface area contributed by atoms with Crippen LogP contribution in [0.15, 0.2) is 6.20 Å². The first-order valence-electron chi connectivity index (χ1n) is 7.09. The molecule has 0 aromatic carbocycles. The van der Waals surface area contributed by atoms with E-state index in [0.29, 0.717) is 11.3 Å². The summed E-state index contributed by atoms with van der Waals surface area (Å²) in [6.07, 6.45) is 6.11. The molecule has 0 saturated carbocycles. The molecule has 2 heterocycles. The standard InChI is InChI=1S/C14H20N2O3S/c1-2-12-15-9-11(20-12)14(19)16-8-4-3-5-10(16)6-7-13(17)18/h9-10H,2-8H2,1H3,(H,17,18)/t10-/m0/s1. The number of aryl methyl sites for hydroxylation is 1. The molecule has 1 aliphatic heterocycles. The lowest BCUT2D eigenvalue weighted by Gasteiger charge is -2.35. The number of nitrogens with zero attached hydrogens (tertiary/aromatic N) is 2. The van der Waals surface area contributed by atoms with Crippen LogP contribution in [0.2, 0.25) is 0 Å². The third-order valence-electron chi connectivity index (χ3n) is 3.65. The van der Waals surface area contributed by atoms with E-state index in [1.54, 1.807) is 6.20 Å². The molecular formula is C14H20N2O3S. The molecule has 1 N–H and O–H groups in total. The van der Waals surface area contributed by atoms with E-state index in [2.05, 4.69) is 4.98 Å². The quantitative estimate of drug-likeness (QED) is 0.906. The summed E-state index contributed by atoms with van der Waals surface area (Å²) in [5, 5.41) is 9.78. The zero-order valence-corrected chi connectivity index (χ0v) is 12.5. The van der Waals surface area contributed by atoms with Crippen LogP contribution in [-0.4, -0.2) is 39.5 Å². The molecule has 0 unspecified atom stereocenters. The maximum absolute atomic E-state index is 12.5. The van der Waals surface area contributed by atoms with Crippen LogP contribution in [-0.2, 0) is 11.2 Å². The van der Waals surface area contributed by atoms with E-state index in [-0.39, 0.29) is 18.4 Å². The Balaban J connectivity index is 2.06. The van der Waals surface area contributed by atoms with Gasteiger partial charge in [-0.2, -0.15) is 0 Å². The Labute approximate surface area is 122 Å². The van der Waals surface area contributed by atoms with Crippen LogP contribution < -0.4 is 0 Å². The first-order chi connectivity index (χ1) is 9.61. The molecule has 0 radical (unpaired) electrons. The molecule has 1 atom stereocenters. The van der Waals surface area contributed by atoms with Crippen molar-refractivity contribution in [1.82, 2.24) is 9.88 Å². The van der Waals surface area contributed by atoms with Crippen LogP contribution in [0.5, 0.6) is 0 Å². The second-order valence-corrected chi connectivity index (χ2v) is 6.17. The van der Waals surface area contributed by atoms with Crippen molar-refractivity contribution in [2.24, 2.45) is 0 Å². The summed E-state index contributed by atoms with van der Waals surface area (Å²) in [7, 11) is 0. The first kappa shape index (κ1) is 15.0. The Morgan fingerprint density at radius 3 is 2.95 bits per heavy atom. The molecule has 0 aliphatic carbocycles. The number of rotatable bonds is 5. The third kappa shape index (κ3) is 3.56. The number of piperidine rings is 1. The van der Waals surface area contributed by atoms with E-state index >= 15 is 0 Å². The molecule has 1 aromatic rings. The summed E-state index contributed by atoms with van der Waals surface area (Å²) in [6, 6.07) is 0.0551. The molecule has 0 bridgehead atoms. The van der Waals surface area contributed by atoms with Crippen molar-refractivity contribution >= 4 is 23.2 Å². The van der Waals surface area contributed by atoms with Crippen LogP contribution in [0.1, 0.15) is 53.7 Å². The highest BCUT2D eigenvalue weighted by atomic mass is 32.1. The summed E-state index contributed by atoms with van der Waals surface area (Å²) in [5.41, 5.74) is 0. The molecule has 6 heteroatoms. The summed E-state index contributed by atoms with van der Waals surface area (Å²) in [6.45, 7) is 2.74. The summed E-state index contributed by atoms with van der Waals surface area (Å²) >= 11 is 1.44. The van der Waals surface area contributed by atoms with E-state index < -0.39 is 5.97 Å². The number of likely N-dealkylation sites (tertiary alicyclic amines) is 1. The molecule has 1 aliphatic rings. The number of carbonyl (C=O) groups excluding carboxylic acids is 1. The van der Waals surface area contributed by atoms with E-state index in [1.165, 1.54) is 11.3 Å². The largest absolute Gasteiger partial charge is 0.481 e. The minimum atomic E-state index is -0.797. The SMILES string of the molecule is CCc1ncc(C(=O)N2CCCC[C@H]2CCC(=O)O)s1. The molecular weight excluding hydrogens is 276 g/mol. The topological polar surface area (TPSA) is 70.5 Å². The summed E-state index contributed by atoms with van der Waals surface area (Å²) in [5.74, 6) is -0.786. The number of aliphatic carboxylic acids is 1. The van der Waals surface area contributed by atoms with Crippen molar-refractivity contribution in [2.75, 3.05) is 6.54 Å². The minimum Gasteiger partial charge on any atom is -0.481 e. The smallest absolute Gasteiger partial charge is 0.303 e. The molecule has 2 rings (SSSR count). The number of amides is 1. The molecule has 110 valence electrons. The number of hydrogen-bond donors (Lipinski definition) is 1. The number of thiazole rings is 1. The van der Waals surface area contributed by atoms with Gasteiger partial charge >= 0.3 is 5.97 Å². The second-order valence-electron chi connectivity index (χ2n) is 5.05. The highest BCUT2D eigenvalue weighted by molar-refractivity contribution is 7.13. The van der Waals surface area contributed by atoms with Crippen LogP contribution in [0.25, 0.3) is 0 Å². The molecule has 1 saturated heterocycles. The average molecular weight is 296 g/mol. The van der Waals surface area contributed by atoms with Gasteiger partial charge in [0.2, 0.25) is 0 Å². The highest BCUT2D eigenvalue weighted by Crippen LogP contribution is 2.25. The lowest BCUT2D eigenvalue weighted by molar-refractivity contribution is -0.137. The minimum absolute atomic E-state index is 0.0114. The van der Waals surface area contributed by atoms with E-state index in [1.807, 2.05) is 11.8 Å². The number of carboxylic acid groups (broad SMARTS) is 1. The van der Waals surface area contributed by atoms with Crippen molar-refractivity contribution in [3.05, 3.63) is 16.1 Å². The lowest BCUT2D eigenvalue weighted by atomic mass is 9.97. The Hall–Kier alpha value is -1.43. The van der Waals surface area contributed by atoms with Crippen LogP contribution in [0.4, 0.5) is 0 Å². The first-order valence-corrected chi connectivity index (χ1v) is 7.91. The number of hydrogen-bond acceptors (Lipinski definition) is 4. The van der Waals surface area contributed by atoms with E-state index in [0.717, 1.165) is 37.2 Å². The van der Waals surface area contributed by atoms with E-state index in [4.69, 9.17) is 5.11 Å². The van der Waals surface area contributed by atoms with E-state index in [9.17, 15) is 9.59 Å². The van der Waals surface area contributed by atoms with Gasteiger partial charge in [-0.3, -0.25) is 9.59 Å². The fourth-order valence-corrected chi connectivity index (χ4v) is 3.39. The predicted octanol–water partition coefficient (Wildman–Crippen LogP) is 2.57. The van der Waals surface area contributed by atoms with Gasteiger partial charge in [-0.1, -0.05) is 6.92 Å². The highest BCUT2D eigenvalue weighted by Gasteiger charge is 2.28. The predicted molar refractivity (Wildman–Crippen MR) is 77.0 cm³/mol. The van der Waals surface area contributed by atoms with Crippen molar-refractivity contribution in [2.45, 2.75) is 51.5 Å². The van der Waals surface area contributed by atoms with Crippen molar-refractivity contribution in [3.63, 3.8) is 0 Å². The molecule has 0 spiro atoms. The normalized spacial score (nSPS) is 19.1. The van der Waals surface area contributed by atoms with Gasteiger partial charge in [0.1, 0.15) is 4.88 Å². The Morgan fingerprint density at radius 2 is 2.30 bits per heavy atom. The monoisotopic (exact) mass is 296 g/mol. The van der Waals surface area contributed by atoms with Crippen molar-refractivity contribution in [1.29, 1.82) is 0 Å². The Bertz CT molecular complexity index is 487. The van der Waals surface area contributed by atoms with Gasteiger partial charge in [-0.05, 0) is 32.1 Å². The zero-order valence-electron chi connectivity index (χ0n) is 11.7. The van der Waals surface area contributed by atoms with Gasteiger partial charge in [0, 0.05) is 19.0 Å². The van der Waals surface area contributed by atoms with Gasteiger partial charge in [-0.15, -0.1) is 11.3 Å². The van der Waals surface area contributed by atoms with Crippen LogP contribution in [0, 0.1) is 0 Å². The molecule has 5 nitrogen and oxygen atoms in total. The number of carbonyl (C=O) groups is 2. The molecule has 1 aromatic heterocycles. The van der Waals surface area contributed by atoms with Gasteiger partial charge in [0.15, 0.2) is 0 Å². The van der Waals surface area contributed by atoms with Gasteiger partial charge in [0.05, 0.1) is 11.2 Å². The summed E-state index contributed by atoms with van der Waals surface area (Å²) in [4.78, 5) is 30.0.